The smallest absolute Gasteiger partial charge is 0.0781 e. The number of hydrogen-bond donors (Lipinski definition) is 0. The predicted octanol–water partition coefficient (Wildman–Crippen LogP) is 3.23. The van der Waals surface area contributed by atoms with Crippen molar-refractivity contribution in [3.8, 4) is 0 Å². The Balaban J connectivity index is 4.00. The highest BCUT2D eigenvalue weighted by molar-refractivity contribution is 7.80. The van der Waals surface area contributed by atoms with Crippen molar-refractivity contribution in [1.29, 1.82) is 0 Å². The van der Waals surface area contributed by atoms with Crippen LogP contribution in [0.5, 0.6) is 0 Å². The Labute approximate surface area is 82.1 Å². The molecule has 0 unspecified atom stereocenters. The van der Waals surface area contributed by atoms with E-state index in [0.717, 1.165) is 24.4 Å². The average Bonchev–Trinajstić information content (AvgIpc) is 1.99. The summed E-state index contributed by atoms with van der Waals surface area (Å²) in [6.07, 6.45) is 3.40. The first-order valence-electron chi connectivity index (χ1n) is 4.92. The minimum Gasteiger partial charge on any atom is -0.364 e. The summed E-state index contributed by atoms with van der Waals surface area (Å²) in [5, 5.41) is 0. The van der Waals surface area contributed by atoms with Crippen LogP contribution in [0.15, 0.2) is 0 Å². The number of hydrogen-bond acceptors (Lipinski definition) is 1. The third-order valence-corrected chi connectivity index (χ3v) is 2.31. The summed E-state index contributed by atoms with van der Waals surface area (Å²) in [6, 6.07) is 0.559. The van der Waals surface area contributed by atoms with E-state index in [-0.39, 0.29) is 0 Å². The minimum atomic E-state index is 0.559. The van der Waals surface area contributed by atoms with Gasteiger partial charge in [-0.25, -0.2) is 0 Å². The van der Waals surface area contributed by atoms with Crippen LogP contribution in [0, 0.1) is 0 Å². The first-order valence-corrected chi connectivity index (χ1v) is 5.33. The third kappa shape index (κ3) is 4.05. The molecule has 0 heterocycles. The van der Waals surface area contributed by atoms with Crippen LogP contribution in [-0.4, -0.2) is 22.5 Å². The number of nitrogens with zero attached hydrogens (tertiary/aromatic N) is 1. The van der Waals surface area contributed by atoms with Crippen LogP contribution in [0.2, 0.25) is 0 Å². The first-order chi connectivity index (χ1) is 5.63. The molecule has 1 nitrogen and oxygen atoms in total. The van der Waals surface area contributed by atoms with Crippen molar-refractivity contribution in [1.82, 2.24) is 4.90 Å². The standard InChI is InChI=1S/C10H21NS/c1-5-7-10(12)11(8-6-2)9(3)4/h9H,5-8H2,1-4H3. The Hall–Kier alpha value is -0.110. The van der Waals surface area contributed by atoms with Gasteiger partial charge in [0.05, 0.1) is 4.99 Å². The maximum atomic E-state index is 5.34. The van der Waals surface area contributed by atoms with Crippen molar-refractivity contribution < 1.29 is 0 Å². The van der Waals surface area contributed by atoms with Gasteiger partial charge < -0.3 is 4.90 Å². The summed E-state index contributed by atoms with van der Waals surface area (Å²) < 4.78 is 0. The van der Waals surface area contributed by atoms with Gasteiger partial charge in [0.2, 0.25) is 0 Å². The highest BCUT2D eigenvalue weighted by Gasteiger charge is 2.10. The zero-order valence-corrected chi connectivity index (χ0v) is 9.58. The van der Waals surface area contributed by atoms with Crippen molar-refractivity contribution in [2.45, 2.75) is 53.0 Å². The van der Waals surface area contributed by atoms with Crippen LogP contribution in [0.3, 0.4) is 0 Å². The molecule has 0 aliphatic heterocycles. The molecule has 72 valence electrons. The average molecular weight is 187 g/mol. The first kappa shape index (κ1) is 11.9. The van der Waals surface area contributed by atoms with Gasteiger partial charge in [0.25, 0.3) is 0 Å². The van der Waals surface area contributed by atoms with E-state index in [1.807, 2.05) is 0 Å². The molecule has 0 aliphatic rings. The van der Waals surface area contributed by atoms with Crippen molar-refractivity contribution >= 4 is 17.2 Å². The van der Waals surface area contributed by atoms with Crippen molar-refractivity contribution in [2.24, 2.45) is 0 Å². The number of thiocarbonyl (C=S) groups is 1. The zero-order valence-electron chi connectivity index (χ0n) is 8.76. The van der Waals surface area contributed by atoms with Crippen LogP contribution in [0.4, 0.5) is 0 Å². The monoisotopic (exact) mass is 187 g/mol. The third-order valence-electron chi connectivity index (χ3n) is 1.87. The lowest BCUT2D eigenvalue weighted by molar-refractivity contribution is 0.349. The van der Waals surface area contributed by atoms with Crippen LogP contribution in [0.25, 0.3) is 0 Å². The summed E-state index contributed by atoms with van der Waals surface area (Å²) >= 11 is 5.34. The van der Waals surface area contributed by atoms with Gasteiger partial charge in [-0.2, -0.15) is 0 Å². The van der Waals surface area contributed by atoms with Crippen LogP contribution >= 0.6 is 12.2 Å². The molecule has 12 heavy (non-hydrogen) atoms. The normalized spacial score (nSPS) is 10.4. The molecule has 0 aliphatic carbocycles. The van der Waals surface area contributed by atoms with Gasteiger partial charge in [-0.3, -0.25) is 0 Å². The molecule has 0 saturated heterocycles. The Kier molecular flexibility index (Phi) is 6.35. The summed E-state index contributed by atoms with van der Waals surface area (Å²) in [6.45, 7) is 9.90. The topological polar surface area (TPSA) is 3.24 Å². The van der Waals surface area contributed by atoms with Crippen LogP contribution in [0.1, 0.15) is 47.0 Å². The van der Waals surface area contributed by atoms with E-state index in [0.29, 0.717) is 6.04 Å². The van der Waals surface area contributed by atoms with E-state index in [9.17, 15) is 0 Å². The lowest BCUT2D eigenvalue weighted by Crippen LogP contribution is -2.36. The van der Waals surface area contributed by atoms with Gasteiger partial charge in [0.15, 0.2) is 0 Å². The summed E-state index contributed by atoms with van der Waals surface area (Å²) in [7, 11) is 0. The molecule has 0 aromatic heterocycles. The quantitative estimate of drug-likeness (QED) is 0.608. The van der Waals surface area contributed by atoms with Gasteiger partial charge >= 0.3 is 0 Å². The van der Waals surface area contributed by atoms with E-state index < -0.39 is 0 Å². The molecular weight excluding hydrogens is 166 g/mol. The number of rotatable bonds is 5. The molecule has 0 bridgehead atoms. The molecule has 0 N–H and O–H groups in total. The Morgan fingerprint density at radius 1 is 1.25 bits per heavy atom. The Morgan fingerprint density at radius 2 is 1.83 bits per heavy atom. The fraction of sp³-hybridized carbons (Fsp3) is 0.900. The van der Waals surface area contributed by atoms with Crippen LogP contribution < -0.4 is 0 Å². The maximum absolute atomic E-state index is 5.34. The molecule has 2 heteroatoms. The Morgan fingerprint density at radius 3 is 2.17 bits per heavy atom. The maximum Gasteiger partial charge on any atom is 0.0781 e. The predicted molar refractivity (Wildman–Crippen MR) is 59.6 cm³/mol. The van der Waals surface area contributed by atoms with E-state index in [2.05, 4.69) is 32.6 Å². The molecule has 0 amide bonds. The zero-order chi connectivity index (χ0) is 9.56. The van der Waals surface area contributed by atoms with E-state index in [4.69, 9.17) is 12.2 Å². The molecule has 0 radical (unpaired) electrons. The summed E-state index contributed by atoms with van der Waals surface area (Å²) in [4.78, 5) is 3.47. The van der Waals surface area contributed by atoms with Gasteiger partial charge in [-0.05, 0) is 33.1 Å². The summed E-state index contributed by atoms with van der Waals surface area (Å²) in [5.41, 5.74) is 0. The second kappa shape index (κ2) is 6.41. The van der Waals surface area contributed by atoms with E-state index in [1.165, 1.54) is 6.42 Å². The fourth-order valence-electron chi connectivity index (χ4n) is 1.27. The second-order valence-electron chi connectivity index (χ2n) is 3.43. The van der Waals surface area contributed by atoms with Crippen molar-refractivity contribution in [2.75, 3.05) is 6.54 Å². The lowest BCUT2D eigenvalue weighted by Gasteiger charge is -2.28. The lowest BCUT2D eigenvalue weighted by atomic mass is 10.2. The molecular formula is C10H21NS. The van der Waals surface area contributed by atoms with Crippen molar-refractivity contribution in [3.05, 3.63) is 0 Å². The van der Waals surface area contributed by atoms with Gasteiger partial charge in [0.1, 0.15) is 0 Å². The van der Waals surface area contributed by atoms with Gasteiger partial charge in [0, 0.05) is 12.6 Å². The molecule has 0 spiro atoms. The highest BCUT2D eigenvalue weighted by atomic mass is 32.1. The highest BCUT2D eigenvalue weighted by Crippen LogP contribution is 2.06. The van der Waals surface area contributed by atoms with Gasteiger partial charge in [-0.1, -0.05) is 26.1 Å². The molecule has 0 saturated carbocycles. The fourth-order valence-corrected chi connectivity index (χ4v) is 1.78. The van der Waals surface area contributed by atoms with Gasteiger partial charge in [-0.15, -0.1) is 0 Å². The van der Waals surface area contributed by atoms with E-state index in [1.54, 1.807) is 0 Å². The Bertz CT molecular complexity index is 132. The van der Waals surface area contributed by atoms with E-state index >= 15 is 0 Å². The molecule has 0 atom stereocenters. The van der Waals surface area contributed by atoms with Crippen LogP contribution in [-0.2, 0) is 0 Å². The van der Waals surface area contributed by atoms with Crippen molar-refractivity contribution in [3.63, 3.8) is 0 Å². The molecule has 0 rings (SSSR count). The second-order valence-corrected chi connectivity index (χ2v) is 3.90. The minimum absolute atomic E-state index is 0.559. The molecule has 0 aromatic carbocycles. The molecule has 0 fully saturated rings. The summed E-state index contributed by atoms with van der Waals surface area (Å²) in [5.74, 6) is 0. The largest absolute Gasteiger partial charge is 0.364 e. The SMILES string of the molecule is CCCC(=S)N(CCC)C(C)C. The molecule has 0 aromatic rings.